The van der Waals surface area contributed by atoms with Crippen LogP contribution in [0, 0.1) is 0 Å². The standard InChI is InChI=1S/C29H22N2O7S/c1-4-37-28(34)16-9-11-18-22(14-16)39-29(30-18)31-24(15-10-12-20(35-2)21(13-15)36-3)23-25(32)17-7-5-6-8-19(17)38-26(23)27(31)33/h5-14,24H,4H2,1-3H3/t24-/m0/s1. The van der Waals surface area contributed by atoms with Crippen molar-refractivity contribution < 1.29 is 28.2 Å². The quantitative estimate of drug-likeness (QED) is 0.264. The Bertz CT molecular complexity index is 1840. The predicted molar refractivity (Wildman–Crippen MR) is 146 cm³/mol. The first-order chi connectivity index (χ1) is 18.9. The number of nitrogens with zero attached hydrogens (tertiary/aromatic N) is 2. The van der Waals surface area contributed by atoms with Gasteiger partial charge in [-0.2, -0.15) is 0 Å². The fourth-order valence-electron chi connectivity index (χ4n) is 4.81. The highest BCUT2D eigenvalue weighted by molar-refractivity contribution is 7.22. The summed E-state index contributed by atoms with van der Waals surface area (Å²) in [6.07, 6.45) is 0. The minimum Gasteiger partial charge on any atom is -0.493 e. The van der Waals surface area contributed by atoms with Crippen LogP contribution in [0.2, 0.25) is 0 Å². The normalized spacial score (nSPS) is 14.6. The molecule has 9 nitrogen and oxygen atoms in total. The Morgan fingerprint density at radius 3 is 2.59 bits per heavy atom. The third-order valence-electron chi connectivity index (χ3n) is 6.60. The van der Waals surface area contributed by atoms with Crippen molar-refractivity contribution in [3.05, 3.63) is 93.3 Å². The first-order valence-electron chi connectivity index (χ1n) is 12.1. The maximum absolute atomic E-state index is 13.9. The third-order valence-corrected chi connectivity index (χ3v) is 7.61. The van der Waals surface area contributed by atoms with Gasteiger partial charge in [0, 0.05) is 0 Å². The second-order valence-electron chi connectivity index (χ2n) is 8.76. The van der Waals surface area contributed by atoms with Crippen LogP contribution in [0.25, 0.3) is 21.2 Å². The van der Waals surface area contributed by atoms with Crippen LogP contribution in [0.15, 0.2) is 69.9 Å². The first kappa shape index (κ1) is 24.6. The van der Waals surface area contributed by atoms with E-state index in [0.717, 1.165) is 0 Å². The van der Waals surface area contributed by atoms with Gasteiger partial charge in [0.1, 0.15) is 5.58 Å². The van der Waals surface area contributed by atoms with E-state index in [0.29, 0.717) is 48.9 Å². The Hall–Kier alpha value is -4.70. The van der Waals surface area contributed by atoms with Gasteiger partial charge in [0.05, 0.1) is 53.6 Å². The van der Waals surface area contributed by atoms with Crippen LogP contribution in [0.1, 0.15) is 45.0 Å². The molecule has 10 heteroatoms. The van der Waals surface area contributed by atoms with Crippen molar-refractivity contribution in [1.29, 1.82) is 0 Å². The molecule has 5 aromatic rings. The summed E-state index contributed by atoms with van der Waals surface area (Å²) in [7, 11) is 3.05. The topological polar surface area (TPSA) is 108 Å². The molecule has 39 heavy (non-hydrogen) atoms. The van der Waals surface area contributed by atoms with Crippen molar-refractivity contribution in [2.24, 2.45) is 0 Å². The highest BCUT2D eigenvalue weighted by atomic mass is 32.1. The van der Waals surface area contributed by atoms with E-state index in [4.69, 9.17) is 23.6 Å². The molecule has 3 aromatic carbocycles. The summed E-state index contributed by atoms with van der Waals surface area (Å²) >= 11 is 1.23. The Labute approximate surface area is 226 Å². The maximum Gasteiger partial charge on any atom is 0.338 e. The Morgan fingerprint density at radius 2 is 1.82 bits per heavy atom. The van der Waals surface area contributed by atoms with Crippen LogP contribution in [-0.2, 0) is 4.74 Å². The molecular weight excluding hydrogens is 520 g/mol. The SMILES string of the molecule is CCOC(=O)c1ccc2nc(N3C(=O)c4oc5ccccc5c(=O)c4[C@@H]3c3ccc(OC)c(OC)c3)sc2c1. The Kier molecular flexibility index (Phi) is 6.03. The molecule has 1 atom stereocenters. The number of esters is 1. The van der Waals surface area contributed by atoms with Gasteiger partial charge in [-0.25, -0.2) is 9.78 Å². The minimum atomic E-state index is -0.835. The summed E-state index contributed by atoms with van der Waals surface area (Å²) in [5, 5.41) is 0.727. The number of aromatic nitrogens is 1. The van der Waals surface area contributed by atoms with Gasteiger partial charge >= 0.3 is 5.97 Å². The summed E-state index contributed by atoms with van der Waals surface area (Å²) in [4.78, 5) is 46.2. The molecule has 0 aliphatic carbocycles. The number of hydrogen-bond acceptors (Lipinski definition) is 9. The van der Waals surface area contributed by atoms with Crippen molar-refractivity contribution in [2.75, 3.05) is 25.7 Å². The van der Waals surface area contributed by atoms with Gasteiger partial charge in [0.25, 0.3) is 5.91 Å². The van der Waals surface area contributed by atoms with Gasteiger partial charge in [-0.3, -0.25) is 14.5 Å². The molecule has 0 bridgehead atoms. The second-order valence-corrected chi connectivity index (χ2v) is 9.77. The number of anilines is 1. The van der Waals surface area contributed by atoms with Crippen LogP contribution in [0.5, 0.6) is 11.5 Å². The number of carbonyl (C=O) groups is 2. The highest BCUT2D eigenvalue weighted by Gasteiger charge is 2.45. The van der Waals surface area contributed by atoms with Gasteiger partial charge in [-0.1, -0.05) is 29.5 Å². The number of carbonyl (C=O) groups excluding carboxylic acids is 2. The third kappa shape index (κ3) is 3.91. The van der Waals surface area contributed by atoms with Crippen LogP contribution in [0.4, 0.5) is 5.13 Å². The van der Waals surface area contributed by atoms with Gasteiger partial charge in [0.2, 0.25) is 5.76 Å². The van der Waals surface area contributed by atoms with E-state index in [1.807, 2.05) is 0 Å². The summed E-state index contributed by atoms with van der Waals surface area (Å²) in [6, 6.07) is 16.3. The molecule has 0 spiro atoms. The largest absolute Gasteiger partial charge is 0.493 e. The van der Waals surface area contributed by atoms with E-state index >= 15 is 0 Å². The average Bonchev–Trinajstić information content (AvgIpc) is 3.51. The first-order valence-corrected chi connectivity index (χ1v) is 13.0. The number of amides is 1. The molecule has 1 aliphatic heterocycles. The molecule has 0 saturated carbocycles. The van der Waals surface area contributed by atoms with Gasteiger partial charge in [-0.05, 0) is 55.0 Å². The van der Waals surface area contributed by atoms with Crippen LogP contribution in [0.3, 0.4) is 0 Å². The minimum absolute atomic E-state index is 0.0371. The summed E-state index contributed by atoms with van der Waals surface area (Å²) in [6.45, 7) is 2.00. The molecule has 1 aliphatic rings. The number of methoxy groups -OCH3 is 2. The van der Waals surface area contributed by atoms with Crippen molar-refractivity contribution >= 4 is 49.5 Å². The Balaban J connectivity index is 1.57. The zero-order chi connectivity index (χ0) is 27.3. The lowest BCUT2D eigenvalue weighted by molar-refractivity contribution is 0.0526. The molecule has 0 radical (unpaired) electrons. The number of hydrogen-bond donors (Lipinski definition) is 0. The zero-order valence-electron chi connectivity index (χ0n) is 21.2. The van der Waals surface area contributed by atoms with E-state index in [9.17, 15) is 14.4 Å². The monoisotopic (exact) mass is 542 g/mol. The van der Waals surface area contributed by atoms with Crippen molar-refractivity contribution in [2.45, 2.75) is 13.0 Å². The zero-order valence-corrected chi connectivity index (χ0v) is 22.0. The molecule has 2 aromatic heterocycles. The smallest absolute Gasteiger partial charge is 0.338 e. The summed E-state index contributed by atoms with van der Waals surface area (Å²) in [5.41, 5.74) is 1.85. The van der Waals surface area contributed by atoms with Crippen molar-refractivity contribution in [3.63, 3.8) is 0 Å². The average molecular weight is 543 g/mol. The van der Waals surface area contributed by atoms with Crippen LogP contribution in [-0.4, -0.2) is 37.7 Å². The molecule has 0 saturated heterocycles. The molecule has 0 fully saturated rings. The molecule has 0 N–H and O–H groups in total. The van der Waals surface area contributed by atoms with E-state index in [1.54, 1.807) is 67.6 Å². The number of benzene rings is 3. The summed E-state index contributed by atoms with van der Waals surface area (Å²) in [5.74, 6) is -0.00950. The van der Waals surface area contributed by atoms with E-state index in [1.165, 1.54) is 30.5 Å². The fourth-order valence-corrected chi connectivity index (χ4v) is 5.84. The number of fused-ring (bicyclic) bond motifs is 3. The lowest BCUT2D eigenvalue weighted by atomic mass is 9.98. The Morgan fingerprint density at radius 1 is 1.03 bits per heavy atom. The lowest BCUT2D eigenvalue weighted by Gasteiger charge is -2.23. The fraction of sp³-hybridized carbons (Fsp3) is 0.172. The van der Waals surface area contributed by atoms with Crippen LogP contribution >= 0.6 is 11.3 Å². The maximum atomic E-state index is 13.9. The van der Waals surface area contributed by atoms with E-state index < -0.39 is 17.9 Å². The predicted octanol–water partition coefficient (Wildman–Crippen LogP) is 5.35. The van der Waals surface area contributed by atoms with Gasteiger partial charge in [-0.15, -0.1) is 0 Å². The van der Waals surface area contributed by atoms with Crippen molar-refractivity contribution in [1.82, 2.24) is 4.98 Å². The number of rotatable bonds is 6. The molecule has 1 amide bonds. The number of ether oxygens (including phenoxy) is 3. The molecule has 3 heterocycles. The van der Waals surface area contributed by atoms with E-state index in [2.05, 4.69) is 0 Å². The molecule has 196 valence electrons. The molecule has 6 rings (SSSR count). The van der Waals surface area contributed by atoms with Crippen molar-refractivity contribution in [3.8, 4) is 11.5 Å². The number of para-hydroxylation sites is 1. The molecule has 0 unspecified atom stereocenters. The highest BCUT2D eigenvalue weighted by Crippen LogP contribution is 2.45. The molecular formula is C29H22N2O7S. The summed E-state index contributed by atoms with van der Waals surface area (Å²) < 4.78 is 22.7. The van der Waals surface area contributed by atoms with Crippen LogP contribution < -0.4 is 19.8 Å². The number of thiazole rings is 1. The van der Waals surface area contributed by atoms with Gasteiger partial charge < -0.3 is 18.6 Å². The van der Waals surface area contributed by atoms with E-state index in [-0.39, 0.29) is 23.4 Å². The lowest BCUT2D eigenvalue weighted by Crippen LogP contribution is -2.29. The second kappa shape index (κ2) is 9.55. The van der Waals surface area contributed by atoms with Gasteiger partial charge in [0.15, 0.2) is 22.1 Å².